The Labute approximate surface area is 113 Å². The third-order valence-electron chi connectivity index (χ3n) is 2.28. The molecule has 1 aliphatic rings. The van der Waals surface area contributed by atoms with Crippen LogP contribution in [0.2, 0.25) is 0 Å². The van der Waals surface area contributed by atoms with E-state index in [4.69, 9.17) is 14.2 Å². The molecule has 0 aromatic heterocycles. The fourth-order valence-corrected chi connectivity index (χ4v) is 2.57. The van der Waals surface area contributed by atoms with Crippen molar-refractivity contribution in [2.24, 2.45) is 0 Å². The van der Waals surface area contributed by atoms with Crippen LogP contribution in [0.15, 0.2) is 0 Å². The summed E-state index contributed by atoms with van der Waals surface area (Å²) in [5.41, 5.74) is 0. The highest BCUT2D eigenvalue weighted by molar-refractivity contribution is 7.81. The molecule has 1 fully saturated rings. The number of rotatable bonds is 5. The van der Waals surface area contributed by atoms with Crippen molar-refractivity contribution in [3.8, 4) is 0 Å². The summed E-state index contributed by atoms with van der Waals surface area (Å²) in [5, 5.41) is 27.9. The Morgan fingerprint density at radius 1 is 0.950 bits per heavy atom. The summed E-state index contributed by atoms with van der Waals surface area (Å²) in [4.78, 5) is 0. The van der Waals surface area contributed by atoms with Gasteiger partial charge in [0, 0.05) is 0 Å². The molecular formula is C6H12O12S2. The monoisotopic (exact) mass is 340 g/mol. The van der Waals surface area contributed by atoms with Gasteiger partial charge in [-0.3, -0.25) is 9.11 Å². The van der Waals surface area contributed by atoms with Gasteiger partial charge in [0.25, 0.3) is 0 Å². The lowest BCUT2D eigenvalue weighted by molar-refractivity contribution is -0.276. The van der Waals surface area contributed by atoms with Gasteiger partial charge in [-0.2, -0.15) is 16.8 Å². The van der Waals surface area contributed by atoms with Gasteiger partial charge < -0.3 is 20.1 Å². The van der Waals surface area contributed by atoms with Crippen LogP contribution in [-0.2, 0) is 33.9 Å². The van der Waals surface area contributed by atoms with Crippen molar-refractivity contribution in [2.45, 2.75) is 30.7 Å². The molecule has 5 N–H and O–H groups in total. The minimum atomic E-state index is -5.11. The summed E-state index contributed by atoms with van der Waals surface area (Å²) in [6.45, 7) is -0.938. The number of aliphatic hydroxyl groups excluding tert-OH is 3. The zero-order chi connectivity index (χ0) is 15.7. The van der Waals surface area contributed by atoms with E-state index in [0.717, 1.165) is 0 Å². The maximum absolute atomic E-state index is 10.6. The molecule has 1 rings (SSSR count). The van der Waals surface area contributed by atoms with Crippen LogP contribution >= 0.6 is 0 Å². The Morgan fingerprint density at radius 3 is 1.80 bits per heavy atom. The Hall–Kier alpha value is -0.420. The Kier molecular flexibility index (Phi) is 5.41. The molecule has 1 aliphatic heterocycles. The quantitative estimate of drug-likeness (QED) is 0.309. The standard InChI is InChI=1S/C6H12O12S2/c7-1-2-4(17-19(10,11)12)3(8)5(6(9)16-2)18-20(13,14)15/h2-9H,1H2,(H,10,11,12)(H,13,14,15)/t2-,3+,4-,5-,6+/m1/s1. The second-order valence-corrected chi connectivity index (χ2v) is 5.81. The van der Waals surface area contributed by atoms with Gasteiger partial charge >= 0.3 is 20.8 Å². The van der Waals surface area contributed by atoms with Gasteiger partial charge in [-0.1, -0.05) is 0 Å². The molecule has 0 saturated carbocycles. The lowest BCUT2D eigenvalue weighted by Crippen LogP contribution is -2.60. The van der Waals surface area contributed by atoms with Crippen molar-refractivity contribution in [1.29, 1.82) is 0 Å². The number of hydrogen-bond acceptors (Lipinski definition) is 10. The largest absolute Gasteiger partial charge is 0.397 e. The summed E-state index contributed by atoms with van der Waals surface area (Å²) in [5.74, 6) is 0. The maximum atomic E-state index is 10.6. The van der Waals surface area contributed by atoms with Gasteiger partial charge in [0.15, 0.2) is 12.4 Å². The molecule has 0 unspecified atom stereocenters. The van der Waals surface area contributed by atoms with E-state index in [-0.39, 0.29) is 0 Å². The first-order chi connectivity index (χ1) is 8.94. The molecule has 12 nitrogen and oxygen atoms in total. The van der Waals surface area contributed by atoms with Gasteiger partial charge in [0.2, 0.25) is 0 Å². The molecule has 0 radical (unpaired) electrons. The van der Waals surface area contributed by atoms with Crippen molar-refractivity contribution >= 4 is 20.8 Å². The average molecular weight is 340 g/mol. The summed E-state index contributed by atoms with van der Waals surface area (Å²) in [6.07, 6.45) is -10.0. The van der Waals surface area contributed by atoms with Crippen molar-refractivity contribution in [3.63, 3.8) is 0 Å². The highest BCUT2D eigenvalue weighted by Gasteiger charge is 2.49. The topological polar surface area (TPSA) is 197 Å². The van der Waals surface area contributed by atoms with E-state index in [1.165, 1.54) is 0 Å². The Morgan fingerprint density at radius 2 is 1.40 bits per heavy atom. The molecular weight excluding hydrogens is 328 g/mol. The van der Waals surface area contributed by atoms with Crippen molar-refractivity contribution < 1.29 is 54.4 Å². The second-order valence-electron chi connectivity index (χ2n) is 3.72. The molecule has 0 spiro atoms. The van der Waals surface area contributed by atoms with Crippen LogP contribution in [0.25, 0.3) is 0 Å². The maximum Gasteiger partial charge on any atom is 0.397 e. The van der Waals surface area contributed by atoms with E-state index in [1.807, 2.05) is 0 Å². The first-order valence-corrected chi connectivity index (χ1v) is 7.61. The first kappa shape index (κ1) is 17.6. The zero-order valence-corrected chi connectivity index (χ0v) is 11.1. The molecule has 5 atom stereocenters. The van der Waals surface area contributed by atoms with E-state index < -0.39 is 58.1 Å². The Bertz CT molecular complexity index is 524. The second kappa shape index (κ2) is 6.14. The number of aliphatic hydroxyl groups is 3. The SMILES string of the molecule is O=S(=O)(O)O[C@@H]1[C@@H](O)[C@H](OS(=O)(=O)O)[C@@H](CO)O[C@@H]1O. The normalized spacial score (nSPS) is 36.0. The van der Waals surface area contributed by atoms with Gasteiger partial charge in [-0.05, 0) is 0 Å². The van der Waals surface area contributed by atoms with Gasteiger partial charge in [0.1, 0.15) is 18.3 Å². The molecule has 1 saturated heterocycles. The van der Waals surface area contributed by atoms with Crippen LogP contribution in [-0.4, -0.2) is 78.6 Å². The predicted octanol–water partition coefficient (Wildman–Crippen LogP) is -3.57. The van der Waals surface area contributed by atoms with Gasteiger partial charge in [-0.15, -0.1) is 0 Å². The molecule has 0 aromatic rings. The smallest absolute Gasteiger partial charge is 0.394 e. The van der Waals surface area contributed by atoms with E-state index in [1.54, 1.807) is 0 Å². The van der Waals surface area contributed by atoms with Crippen LogP contribution in [0.5, 0.6) is 0 Å². The number of hydrogen-bond donors (Lipinski definition) is 5. The van der Waals surface area contributed by atoms with Gasteiger partial charge in [0.05, 0.1) is 6.61 Å². The fourth-order valence-electron chi connectivity index (χ4n) is 1.56. The van der Waals surface area contributed by atoms with E-state index >= 15 is 0 Å². The van der Waals surface area contributed by atoms with Crippen LogP contribution in [0, 0.1) is 0 Å². The van der Waals surface area contributed by atoms with E-state index in [9.17, 15) is 27.0 Å². The molecule has 0 bridgehead atoms. The molecule has 0 aromatic carbocycles. The first-order valence-electron chi connectivity index (χ1n) is 4.88. The van der Waals surface area contributed by atoms with Crippen LogP contribution in [0.4, 0.5) is 0 Å². The van der Waals surface area contributed by atoms with Crippen LogP contribution in [0.1, 0.15) is 0 Å². The Balaban J connectivity index is 3.01. The molecule has 120 valence electrons. The third kappa shape index (κ3) is 4.85. The fraction of sp³-hybridized carbons (Fsp3) is 1.00. The third-order valence-corrected chi connectivity index (χ3v) is 3.21. The van der Waals surface area contributed by atoms with Crippen molar-refractivity contribution in [2.75, 3.05) is 6.61 Å². The highest BCUT2D eigenvalue weighted by atomic mass is 32.3. The molecule has 0 aliphatic carbocycles. The lowest BCUT2D eigenvalue weighted by Gasteiger charge is -2.39. The zero-order valence-electron chi connectivity index (χ0n) is 9.50. The molecule has 0 amide bonds. The summed E-state index contributed by atoms with van der Waals surface area (Å²) in [7, 11) is -10.2. The molecule has 14 heteroatoms. The minimum Gasteiger partial charge on any atom is -0.394 e. The van der Waals surface area contributed by atoms with Crippen molar-refractivity contribution in [3.05, 3.63) is 0 Å². The summed E-state index contributed by atoms with van der Waals surface area (Å²) < 4.78 is 71.7. The predicted molar refractivity (Wildman–Crippen MR) is 56.8 cm³/mol. The molecule has 1 heterocycles. The van der Waals surface area contributed by atoms with Crippen LogP contribution < -0.4 is 0 Å². The van der Waals surface area contributed by atoms with Crippen molar-refractivity contribution in [1.82, 2.24) is 0 Å². The van der Waals surface area contributed by atoms with E-state index in [0.29, 0.717) is 0 Å². The number of ether oxygens (including phenoxy) is 1. The molecule has 20 heavy (non-hydrogen) atoms. The average Bonchev–Trinajstić information content (AvgIpc) is 2.25. The van der Waals surface area contributed by atoms with Gasteiger partial charge in [-0.25, -0.2) is 8.37 Å². The highest BCUT2D eigenvalue weighted by Crippen LogP contribution is 2.26. The van der Waals surface area contributed by atoms with E-state index in [2.05, 4.69) is 13.1 Å². The minimum absolute atomic E-state index is 0.938. The summed E-state index contributed by atoms with van der Waals surface area (Å²) in [6, 6.07) is 0. The summed E-state index contributed by atoms with van der Waals surface area (Å²) >= 11 is 0. The van der Waals surface area contributed by atoms with Crippen LogP contribution in [0.3, 0.4) is 0 Å². The lowest BCUT2D eigenvalue weighted by atomic mass is 9.99.